The van der Waals surface area contributed by atoms with Gasteiger partial charge in [-0.25, -0.2) is 0 Å². The lowest BCUT2D eigenvalue weighted by atomic mass is 9.73. The first-order valence-corrected chi connectivity index (χ1v) is 6.68. The molecule has 1 unspecified atom stereocenters. The number of likely N-dealkylation sites (tertiary alicyclic amines) is 1. The predicted molar refractivity (Wildman–Crippen MR) is 68.1 cm³/mol. The van der Waals surface area contributed by atoms with E-state index >= 15 is 0 Å². The zero-order valence-electron chi connectivity index (χ0n) is 11.3. The van der Waals surface area contributed by atoms with Crippen LogP contribution >= 0.6 is 0 Å². The molecule has 0 bridgehead atoms. The Labute approximate surface area is 96.2 Å². The fraction of sp³-hybridized carbons (Fsp3) is 1.00. The molecule has 1 aliphatic heterocycles. The molecule has 1 atom stereocenters. The topological polar surface area (TPSA) is 3.24 Å². The molecule has 1 saturated heterocycles. The highest BCUT2D eigenvalue weighted by Crippen LogP contribution is 2.36. The van der Waals surface area contributed by atoms with E-state index < -0.39 is 0 Å². The largest absolute Gasteiger partial charge is 0.303 e. The van der Waals surface area contributed by atoms with Gasteiger partial charge in [-0.15, -0.1) is 0 Å². The Kier molecular flexibility index (Phi) is 4.64. The van der Waals surface area contributed by atoms with E-state index in [0.29, 0.717) is 5.41 Å². The average Bonchev–Trinajstić information content (AvgIpc) is 2.17. The van der Waals surface area contributed by atoms with Crippen LogP contribution in [0, 0.1) is 17.3 Å². The van der Waals surface area contributed by atoms with Crippen LogP contribution in [0.5, 0.6) is 0 Å². The molecule has 0 N–H and O–H groups in total. The van der Waals surface area contributed by atoms with Crippen molar-refractivity contribution in [2.24, 2.45) is 17.3 Å². The first kappa shape index (κ1) is 13.0. The summed E-state index contributed by atoms with van der Waals surface area (Å²) >= 11 is 0. The van der Waals surface area contributed by atoms with Crippen molar-refractivity contribution in [2.45, 2.75) is 53.9 Å². The Bertz CT molecular complexity index is 184. The van der Waals surface area contributed by atoms with Crippen molar-refractivity contribution in [1.82, 2.24) is 4.90 Å². The van der Waals surface area contributed by atoms with E-state index in [9.17, 15) is 0 Å². The van der Waals surface area contributed by atoms with E-state index in [0.717, 1.165) is 11.8 Å². The summed E-state index contributed by atoms with van der Waals surface area (Å²) in [6, 6.07) is 0. The summed E-state index contributed by atoms with van der Waals surface area (Å²) in [6.07, 6.45) is 4.16. The predicted octanol–water partition coefficient (Wildman–Crippen LogP) is 3.79. The molecule has 1 aliphatic rings. The van der Waals surface area contributed by atoms with E-state index in [2.05, 4.69) is 39.5 Å². The summed E-state index contributed by atoms with van der Waals surface area (Å²) in [7, 11) is 0. The molecule has 0 radical (unpaired) electrons. The van der Waals surface area contributed by atoms with E-state index in [1.807, 2.05) is 0 Å². The Hall–Kier alpha value is -0.0400. The van der Waals surface area contributed by atoms with Gasteiger partial charge in [0.1, 0.15) is 0 Å². The summed E-state index contributed by atoms with van der Waals surface area (Å²) in [6.45, 7) is 15.8. The Morgan fingerprint density at radius 1 is 1.33 bits per heavy atom. The van der Waals surface area contributed by atoms with E-state index in [-0.39, 0.29) is 0 Å². The first-order valence-electron chi connectivity index (χ1n) is 6.68. The zero-order valence-corrected chi connectivity index (χ0v) is 11.3. The lowest BCUT2D eigenvalue weighted by molar-refractivity contribution is 0.0780. The monoisotopic (exact) mass is 211 g/mol. The van der Waals surface area contributed by atoms with Crippen molar-refractivity contribution in [3.05, 3.63) is 0 Å². The molecule has 0 amide bonds. The molecular formula is C14H29N. The first-order chi connectivity index (χ1) is 6.95. The highest BCUT2D eigenvalue weighted by Gasteiger charge is 2.31. The Balaban J connectivity index is 2.48. The molecule has 0 spiro atoms. The molecule has 1 fully saturated rings. The number of piperidine rings is 1. The standard InChI is InChI=1S/C14H29N/c1-6-14(4,5)13-8-7-9-15(11-13)10-12(2)3/h12-13H,6-11H2,1-5H3. The lowest BCUT2D eigenvalue weighted by Gasteiger charge is -2.41. The van der Waals surface area contributed by atoms with Crippen molar-refractivity contribution >= 4 is 0 Å². The van der Waals surface area contributed by atoms with Gasteiger partial charge >= 0.3 is 0 Å². The highest BCUT2D eigenvalue weighted by atomic mass is 15.1. The maximum absolute atomic E-state index is 2.68. The van der Waals surface area contributed by atoms with Crippen LogP contribution < -0.4 is 0 Å². The Morgan fingerprint density at radius 2 is 2.00 bits per heavy atom. The maximum Gasteiger partial charge on any atom is 0.00149 e. The summed E-state index contributed by atoms with van der Waals surface area (Å²) in [5.74, 6) is 1.73. The summed E-state index contributed by atoms with van der Waals surface area (Å²) < 4.78 is 0. The molecule has 1 heteroatoms. The van der Waals surface area contributed by atoms with Crippen LogP contribution in [0.3, 0.4) is 0 Å². The molecule has 0 aromatic rings. The minimum Gasteiger partial charge on any atom is -0.303 e. The summed E-state index contributed by atoms with van der Waals surface area (Å²) in [5, 5.41) is 0. The number of rotatable bonds is 4. The minimum atomic E-state index is 0.537. The van der Waals surface area contributed by atoms with Crippen LogP contribution in [-0.2, 0) is 0 Å². The van der Waals surface area contributed by atoms with Crippen molar-refractivity contribution in [2.75, 3.05) is 19.6 Å². The van der Waals surface area contributed by atoms with Crippen LogP contribution in [0.25, 0.3) is 0 Å². The van der Waals surface area contributed by atoms with E-state index in [4.69, 9.17) is 0 Å². The molecule has 1 rings (SSSR count). The average molecular weight is 211 g/mol. The second-order valence-corrected chi connectivity index (χ2v) is 6.33. The van der Waals surface area contributed by atoms with E-state index in [1.165, 1.54) is 38.9 Å². The third kappa shape index (κ3) is 3.79. The fourth-order valence-electron chi connectivity index (χ4n) is 2.66. The normalized spacial score (nSPS) is 24.8. The SMILES string of the molecule is CCC(C)(C)C1CCCN(CC(C)C)C1. The Morgan fingerprint density at radius 3 is 2.53 bits per heavy atom. The van der Waals surface area contributed by atoms with Crippen LogP contribution in [0.4, 0.5) is 0 Å². The van der Waals surface area contributed by atoms with Gasteiger partial charge in [-0.05, 0) is 36.6 Å². The fourth-order valence-corrected chi connectivity index (χ4v) is 2.66. The molecular weight excluding hydrogens is 182 g/mol. The van der Waals surface area contributed by atoms with Gasteiger partial charge in [-0.2, -0.15) is 0 Å². The van der Waals surface area contributed by atoms with Crippen LogP contribution in [-0.4, -0.2) is 24.5 Å². The van der Waals surface area contributed by atoms with Gasteiger partial charge in [0.25, 0.3) is 0 Å². The van der Waals surface area contributed by atoms with Crippen molar-refractivity contribution in [1.29, 1.82) is 0 Å². The van der Waals surface area contributed by atoms with Crippen molar-refractivity contribution in [3.8, 4) is 0 Å². The molecule has 90 valence electrons. The smallest absolute Gasteiger partial charge is 0.00149 e. The summed E-state index contributed by atoms with van der Waals surface area (Å²) in [4.78, 5) is 2.68. The molecule has 0 aromatic heterocycles. The van der Waals surface area contributed by atoms with Gasteiger partial charge in [0.15, 0.2) is 0 Å². The highest BCUT2D eigenvalue weighted by molar-refractivity contribution is 4.83. The quantitative estimate of drug-likeness (QED) is 0.684. The molecule has 0 aromatic carbocycles. The van der Waals surface area contributed by atoms with Gasteiger partial charge in [-0.1, -0.05) is 41.0 Å². The minimum absolute atomic E-state index is 0.537. The van der Waals surface area contributed by atoms with Crippen molar-refractivity contribution in [3.63, 3.8) is 0 Å². The van der Waals surface area contributed by atoms with Crippen LogP contribution in [0.2, 0.25) is 0 Å². The van der Waals surface area contributed by atoms with E-state index in [1.54, 1.807) is 0 Å². The van der Waals surface area contributed by atoms with Crippen LogP contribution in [0.15, 0.2) is 0 Å². The molecule has 1 nitrogen and oxygen atoms in total. The molecule has 0 saturated carbocycles. The third-order valence-electron chi connectivity index (χ3n) is 4.15. The lowest BCUT2D eigenvalue weighted by Crippen LogP contribution is -2.42. The van der Waals surface area contributed by atoms with Gasteiger partial charge < -0.3 is 4.90 Å². The second-order valence-electron chi connectivity index (χ2n) is 6.33. The molecule has 1 heterocycles. The van der Waals surface area contributed by atoms with Gasteiger partial charge in [0.05, 0.1) is 0 Å². The molecule has 0 aliphatic carbocycles. The van der Waals surface area contributed by atoms with Gasteiger partial charge in [0, 0.05) is 13.1 Å². The second kappa shape index (κ2) is 5.34. The number of hydrogen-bond acceptors (Lipinski definition) is 1. The molecule has 15 heavy (non-hydrogen) atoms. The number of nitrogens with zero attached hydrogens (tertiary/aromatic N) is 1. The maximum atomic E-state index is 2.68. The van der Waals surface area contributed by atoms with Gasteiger partial charge in [0.2, 0.25) is 0 Å². The summed E-state index contributed by atoms with van der Waals surface area (Å²) in [5.41, 5.74) is 0.537. The van der Waals surface area contributed by atoms with Gasteiger partial charge in [-0.3, -0.25) is 0 Å². The zero-order chi connectivity index (χ0) is 11.5. The van der Waals surface area contributed by atoms with Crippen molar-refractivity contribution < 1.29 is 0 Å². The number of hydrogen-bond donors (Lipinski definition) is 0. The third-order valence-corrected chi connectivity index (χ3v) is 4.15. The van der Waals surface area contributed by atoms with Crippen LogP contribution in [0.1, 0.15) is 53.9 Å².